The molecular formula is C8H10I+. The summed E-state index contributed by atoms with van der Waals surface area (Å²) in [6.07, 6.45) is 0. The summed E-state index contributed by atoms with van der Waals surface area (Å²) in [6.45, 7) is 4.29. The molecule has 0 aliphatic carbocycles. The van der Waals surface area contributed by atoms with Gasteiger partial charge in [0, 0.05) is 11.1 Å². The van der Waals surface area contributed by atoms with Gasteiger partial charge in [0.1, 0.15) is 0 Å². The molecule has 0 amide bonds. The molecule has 0 saturated carbocycles. The molecule has 0 atom stereocenters. The smallest absolute Gasteiger partial charge is 0.0614 e. The molecule has 9 heavy (non-hydrogen) atoms. The van der Waals surface area contributed by atoms with E-state index in [1.54, 1.807) is 0 Å². The number of halogens is 1. The van der Waals surface area contributed by atoms with Gasteiger partial charge in [-0.25, -0.2) is 0 Å². The zero-order chi connectivity index (χ0) is 6.85. The summed E-state index contributed by atoms with van der Waals surface area (Å²) in [4.78, 5) is 0. The Labute approximate surface area is 69.4 Å². The van der Waals surface area contributed by atoms with Gasteiger partial charge in [-0.2, -0.15) is 0 Å². The largest absolute Gasteiger partial charge is 0.297 e. The number of aryl methyl sites for hydroxylation is 2. The minimum Gasteiger partial charge on any atom is -0.0614 e. The van der Waals surface area contributed by atoms with Crippen LogP contribution in [0.3, 0.4) is 0 Å². The van der Waals surface area contributed by atoms with E-state index in [0.717, 1.165) is 0 Å². The van der Waals surface area contributed by atoms with Crippen LogP contribution in [0.4, 0.5) is 0 Å². The Morgan fingerprint density at radius 3 is 1.89 bits per heavy atom. The third-order valence-corrected chi connectivity index (χ3v) is 3.25. The first-order chi connectivity index (χ1) is 4.22. The third kappa shape index (κ3) is 1.45. The zero-order valence-corrected chi connectivity index (χ0v) is 7.97. The second-order valence-electron chi connectivity index (χ2n) is 2.22. The Morgan fingerprint density at radius 2 is 1.56 bits per heavy atom. The van der Waals surface area contributed by atoms with E-state index in [0.29, 0.717) is 0 Å². The van der Waals surface area contributed by atoms with Crippen molar-refractivity contribution in [3.8, 4) is 0 Å². The molecule has 1 heteroatoms. The number of hydrogen-bond acceptors (Lipinski definition) is 0. The van der Waals surface area contributed by atoms with E-state index in [1.807, 2.05) is 0 Å². The lowest BCUT2D eigenvalue weighted by Gasteiger charge is -1.92. The molecule has 0 aromatic heterocycles. The minimum absolute atomic E-state index is 1.39. The standard InChI is InChI=1S/C8H10I/c1-6-4-3-5-7(2)8(6)9/h3-5,9H,1-2H3/q+1. The summed E-state index contributed by atoms with van der Waals surface area (Å²) in [5.74, 6) is 0. The second kappa shape index (κ2) is 2.69. The van der Waals surface area contributed by atoms with Crippen LogP contribution >= 0.6 is 0 Å². The van der Waals surface area contributed by atoms with Crippen LogP contribution in [0.5, 0.6) is 0 Å². The predicted molar refractivity (Wildman–Crippen MR) is 36.0 cm³/mol. The molecule has 0 aliphatic rings. The summed E-state index contributed by atoms with van der Waals surface area (Å²) in [5, 5.41) is 0. The van der Waals surface area contributed by atoms with E-state index in [4.69, 9.17) is 0 Å². The average molecular weight is 233 g/mol. The highest BCUT2D eigenvalue weighted by molar-refractivity contribution is 5.19. The summed E-state index contributed by atoms with van der Waals surface area (Å²) in [5.41, 5.74) is 2.78. The number of hydrogen-bond donors (Lipinski definition) is 0. The van der Waals surface area contributed by atoms with Crippen LogP contribution in [0.15, 0.2) is 18.2 Å². The van der Waals surface area contributed by atoms with Crippen LogP contribution in [0.25, 0.3) is 0 Å². The molecule has 0 unspecified atom stereocenters. The Morgan fingerprint density at radius 1 is 1.11 bits per heavy atom. The van der Waals surface area contributed by atoms with Gasteiger partial charge in [0.2, 0.25) is 0 Å². The summed E-state index contributed by atoms with van der Waals surface area (Å²) >= 11 is 2.09. The van der Waals surface area contributed by atoms with Gasteiger partial charge < -0.3 is 0 Å². The van der Waals surface area contributed by atoms with Gasteiger partial charge in [0.15, 0.2) is 3.57 Å². The van der Waals surface area contributed by atoms with E-state index in [9.17, 15) is 0 Å². The van der Waals surface area contributed by atoms with Gasteiger partial charge in [-0.05, 0) is 13.8 Å². The van der Waals surface area contributed by atoms with Crippen LogP contribution < -0.4 is 22.6 Å². The summed E-state index contributed by atoms with van der Waals surface area (Å²) in [7, 11) is 0. The van der Waals surface area contributed by atoms with Crippen LogP contribution in [0.2, 0.25) is 0 Å². The molecule has 0 aliphatic heterocycles. The fourth-order valence-electron chi connectivity index (χ4n) is 0.799. The minimum atomic E-state index is 1.39. The van der Waals surface area contributed by atoms with Crippen molar-refractivity contribution in [3.05, 3.63) is 32.9 Å². The van der Waals surface area contributed by atoms with Crippen molar-refractivity contribution in [1.29, 1.82) is 0 Å². The lowest BCUT2D eigenvalue weighted by atomic mass is 10.2. The molecule has 0 nitrogen and oxygen atoms in total. The van der Waals surface area contributed by atoms with Crippen molar-refractivity contribution < 1.29 is 22.6 Å². The van der Waals surface area contributed by atoms with Gasteiger partial charge in [0.05, 0.1) is 0 Å². The van der Waals surface area contributed by atoms with E-state index < -0.39 is 0 Å². The SMILES string of the molecule is Cc1cccc(C)c1[IH+]. The molecule has 1 aromatic rings. The molecule has 0 radical (unpaired) electrons. The van der Waals surface area contributed by atoms with Crippen molar-refractivity contribution in [1.82, 2.24) is 0 Å². The van der Waals surface area contributed by atoms with Crippen molar-refractivity contribution in [2.75, 3.05) is 0 Å². The Balaban J connectivity index is 3.25. The van der Waals surface area contributed by atoms with Gasteiger partial charge >= 0.3 is 0 Å². The first-order valence-corrected chi connectivity index (χ1v) is 4.11. The first-order valence-electron chi connectivity index (χ1n) is 2.95. The molecular weight excluding hydrogens is 223 g/mol. The van der Waals surface area contributed by atoms with Crippen LogP contribution in [-0.2, 0) is 0 Å². The lowest BCUT2D eigenvalue weighted by molar-refractivity contribution is -0.330. The average Bonchev–Trinajstić information content (AvgIpc) is 1.83. The maximum absolute atomic E-state index is 2.14. The highest BCUT2D eigenvalue weighted by atomic mass is 127. The third-order valence-electron chi connectivity index (χ3n) is 1.41. The molecule has 0 heterocycles. The maximum Gasteiger partial charge on any atom is 0.297 e. The van der Waals surface area contributed by atoms with E-state index in [2.05, 4.69) is 54.6 Å². The van der Waals surface area contributed by atoms with E-state index >= 15 is 0 Å². The van der Waals surface area contributed by atoms with Gasteiger partial charge in [-0.1, -0.05) is 18.2 Å². The molecule has 1 rings (SSSR count). The Kier molecular flexibility index (Phi) is 2.11. The van der Waals surface area contributed by atoms with Gasteiger partial charge in [-0.3, -0.25) is 0 Å². The van der Waals surface area contributed by atoms with E-state index in [-0.39, 0.29) is 0 Å². The van der Waals surface area contributed by atoms with Crippen molar-refractivity contribution in [2.24, 2.45) is 0 Å². The molecule has 0 spiro atoms. The van der Waals surface area contributed by atoms with Gasteiger partial charge in [-0.15, -0.1) is 0 Å². The van der Waals surface area contributed by atoms with Crippen LogP contribution in [-0.4, -0.2) is 0 Å². The quantitative estimate of drug-likeness (QED) is 0.492. The molecule has 0 fully saturated rings. The number of rotatable bonds is 0. The normalized spacial score (nSPS) is 9.67. The topological polar surface area (TPSA) is 0 Å². The fraction of sp³-hybridized carbons (Fsp3) is 0.250. The molecule has 0 N–H and O–H groups in total. The van der Waals surface area contributed by atoms with Crippen molar-refractivity contribution in [3.63, 3.8) is 0 Å². The second-order valence-corrected chi connectivity index (χ2v) is 3.39. The Bertz CT molecular complexity index is 196. The van der Waals surface area contributed by atoms with Gasteiger partial charge in [0.25, 0.3) is 22.6 Å². The fourth-order valence-corrected chi connectivity index (χ4v) is 1.19. The monoisotopic (exact) mass is 233 g/mol. The van der Waals surface area contributed by atoms with Crippen LogP contribution in [0.1, 0.15) is 11.1 Å². The van der Waals surface area contributed by atoms with Crippen molar-refractivity contribution in [2.45, 2.75) is 13.8 Å². The summed E-state index contributed by atoms with van der Waals surface area (Å²) < 4.78 is 1.42. The molecule has 0 saturated heterocycles. The number of benzene rings is 1. The highest BCUT2D eigenvalue weighted by Crippen LogP contribution is 2.00. The predicted octanol–water partition coefficient (Wildman–Crippen LogP) is -1.24. The first kappa shape index (κ1) is 7.06. The summed E-state index contributed by atoms with van der Waals surface area (Å²) in [6, 6.07) is 6.38. The highest BCUT2D eigenvalue weighted by Gasteiger charge is 2.03. The molecule has 1 aromatic carbocycles. The van der Waals surface area contributed by atoms with E-state index in [1.165, 1.54) is 14.7 Å². The van der Waals surface area contributed by atoms with Crippen LogP contribution in [0, 0.1) is 17.4 Å². The van der Waals surface area contributed by atoms with Crippen molar-refractivity contribution >= 4 is 0 Å². The molecule has 0 bridgehead atoms. The zero-order valence-electron chi connectivity index (χ0n) is 5.64. The maximum atomic E-state index is 2.14. The molecule has 48 valence electrons. The lowest BCUT2D eigenvalue weighted by Crippen LogP contribution is -3.34. The Hall–Kier alpha value is -0.0500.